The first kappa shape index (κ1) is 13.4. The van der Waals surface area contributed by atoms with Crippen LogP contribution >= 0.6 is 11.6 Å². The summed E-state index contributed by atoms with van der Waals surface area (Å²) < 4.78 is 1.51. The van der Waals surface area contributed by atoms with Gasteiger partial charge in [0.2, 0.25) is 5.91 Å². The molecule has 2 aromatic rings. The number of benzene rings is 1. The second-order valence-electron chi connectivity index (χ2n) is 4.26. The SMILES string of the molecule is Cc1nn([C@H](C)C(=O)Nc2cccc(O)c2)cc1Cl. The predicted octanol–water partition coefficient (Wildman–Crippen LogP) is 2.75. The summed E-state index contributed by atoms with van der Waals surface area (Å²) in [5.74, 6) is -0.131. The molecule has 0 aliphatic rings. The van der Waals surface area contributed by atoms with Gasteiger partial charge < -0.3 is 10.4 Å². The molecule has 0 aliphatic carbocycles. The van der Waals surface area contributed by atoms with E-state index < -0.39 is 6.04 Å². The Balaban J connectivity index is 2.11. The van der Waals surface area contributed by atoms with E-state index in [1.54, 1.807) is 32.2 Å². The molecule has 0 bridgehead atoms. The molecule has 0 fully saturated rings. The van der Waals surface area contributed by atoms with Crippen molar-refractivity contribution in [3.8, 4) is 5.75 Å². The van der Waals surface area contributed by atoms with Gasteiger partial charge in [-0.3, -0.25) is 9.48 Å². The Hall–Kier alpha value is -2.01. The highest BCUT2D eigenvalue weighted by Gasteiger charge is 2.17. The highest BCUT2D eigenvalue weighted by atomic mass is 35.5. The van der Waals surface area contributed by atoms with Crippen molar-refractivity contribution in [2.75, 3.05) is 5.32 Å². The Kier molecular flexibility index (Phi) is 3.76. The molecule has 0 saturated carbocycles. The number of hydrogen-bond acceptors (Lipinski definition) is 3. The van der Waals surface area contributed by atoms with Crippen LogP contribution in [0.1, 0.15) is 18.7 Å². The number of nitrogens with one attached hydrogen (secondary N) is 1. The summed E-state index contributed by atoms with van der Waals surface area (Å²) in [5, 5.41) is 16.7. The Labute approximate surface area is 115 Å². The number of hydrogen-bond donors (Lipinski definition) is 2. The molecular formula is C13H14ClN3O2. The number of nitrogens with zero attached hydrogens (tertiary/aromatic N) is 2. The van der Waals surface area contributed by atoms with E-state index in [0.717, 1.165) is 0 Å². The summed E-state index contributed by atoms with van der Waals surface area (Å²) in [5.41, 5.74) is 1.21. The summed E-state index contributed by atoms with van der Waals surface area (Å²) in [6.45, 7) is 3.50. The number of phenolic OH excluding ortho intramolecular Hbond substituents is 1. The van der Waals surface area contributed by atoms with E-state index in [9.17, 15) is 9.90 Å². The van der Waals surface area contributed by atoms with Gasteiger partial charge in [0.1, 0.15) is 11.8 Å². The molecule has 0 spiro atoms. The molecule has 2 rings (SSSR count). The largest absolute Gasteiger partial charge is 0.508 e. The van der Waals surface area contributed by atoms with Crippen LogP contribution in [0.4, 0.5) is 5.69 Å². The predicted molar refractivity (Wildman–Crippen MR) is 73.4 cm³/mol. The smallest absolute Gasteiger partial charge is 0.248 e. The molecule has 1 aromatic carbocycles. The van der Waals surface area contributed by atoms with Gasteiger partial charge in [0, 0.05) is 18.0 Å². The lowest BCUT2D eigenvalue weighted by Gasteiger charge is -2.12. The maximum atomic E-state index is 12.0. The summed E-state index contributed by atoms with van der Waals surface area (Å²) in [4.78, 5) is 12.0. The van der Waals surface area contributed by atoms with E-state index in [1.807, 2.05) is 0 Å². The fourth-order valence-electron chi connectivity index (χ4n) is 1.61. The minimum absolute atomic E-state index is 0.100. The van der Waals surface area contributed by atoms with E-state index in [2.05, 4.69) is 10.4 Å². The molecule has 6 heteroatoms. The number of amides is 1. The first-order valence-electron chi connectivity index (χ1n) is 5.78. The number of anilines is 1. The van der Waals surface area contributed by atoms with Crippen molar-refractivity contribution in [3.63, 3.8) is 0 Å². The lowest BCUT2D eigenvalue weighted by atomic mass is 10.2. The lowest BCUT2D eigenvalue weighted by Crippen LogP contribution is -2.24. The van der Waals surface area contributed by atoms with Crippen LogP contribution in [0.15, 0.2) is 30.5 Å². The van der Waals surface area contributed by atoms with E-state index in [1.165, 1.54) is 16.8 Å². The molecule has 2 N–H and O–H groups in total. The number of halogens is 1. The molecule has 1 aromatic heterocycles. The quantitative estimate of drug-likeness (QED) is 0.908. The third kappa shape index (κ3) is 3.06. The highest BCUT2D eigenvalue weighted by molar-refractivity contribution is 6.31. The maximum Gasteiger partial charge on any atom is 0.248 e. The average molecular weight is 280 g/mol. The molecule has 0 unspecified atom stereocenters. The molecule has 0 radical (unpaired) electrons. The molecular weight excluding hydrogens is 266 g/mol. The van der Waals surface area contributed by atoms with E-state index in [-0.39, 0.29) is 11.7 Å². The van der Waals surface area contributed by atoms with E-state index >= 15 is 0 Å². The number of phenols is 1. The van der Waals surface area contributed by atoms with Gasteiger partial charge in [-0.25, -0.2) is 0 Å². The molecule has 1 amide bonds. The first-order valence-corrected chi connectivity index (χ1v) is 6.16. The Morgan fingerprint density at radius 3 is 2.84 bits per heavy atom. The Bertz CT molecular complexity index is 590. The average Bonchev–Trinajstić information content (AvgIpc) is 2.68. The highest BCUT2D eigenvalue weighted by Crippen LogP contribution is 2.19. The Morgan fingerprint density at radius 1 is 1.53 bits per heavy atom. The summed E-state index contributed by atoms with van der Waals surface area (Å²) in [6, 6.07) is 5.88. The van der Waals surface area contributed by atoms with E-state index in [4.69, 9.17) is 11.6 Å². The fourth-order valence-corrected chi connectivity index (χ4v) is 1.75. The monoisotopic (exact) mass is 279 g/mol. The zero-order valence-electron chi connectivity index (χ0n) is 10.6. The molecule has 0 saturated heterocycles. The molecule has 0 aliphatic heterocycles. The van der Waals surface area contributed by atoms with Crippen molar-refractivity contribution >= 4 is 23.2 Å². The van der Waals surface area contributed by atoms with Gasteiger partial charge in [0.25, 0.3) is 0 Å². The zero-order valence-corrected chi connectivity index (χ0v) is 11.3. The maximum absolute atomic E-state index is 12.0. The van der Waals surface area contributed by atoms with Crippen molar-refractivity contribution in [3.05, 3.63) is 41.2 Å². The van der Waals surface area contributed by atoms with Crippen molar-refractivity contribution in [2.24, 2.45) is 0 Å². The second kappa shape index (κ2) is 5.32. The summed E-state index contributed by atoms with van der Waals surface area (Å²) >= 11 is 5.91. The van der Waals surface area contributed by atoms with Crippen LogP contribution in [-0.4, -0.2) is 20.8 Å². The third-order valence-electron chi connectivity index (χ3n) is 2.75. The number of aromatic hydroxyl groups is 1. The van der Waals surface area contributed by atoms with Crippen LogP contribution in [0.3, 0.4) is 0 Å². The normalized spacial score (nSPS) is 12.2. The zero-order chi connectivity index (χ0) is 14.0. The molecule has 1 atom stereocenters. The Morgan fingerprint density at radius 2 is 2.26 bits per heavy atom. The molecule has 19 heavy (non-hydrogen) atoms. The van der Waals surface area contributed by atoms with Crippen molar-refractivity contribution in [2.45, 2.75) is 19.9 Å². The number of rotatable bonds is 3. The van der Waals surface area contributed by atoms with Crippen LogP contribution in [0.2, 0.25) is 5.02 Å². The van der Waals surface area contributed by atoms with Gasteiger partial charge in [-0.15, -0.1) is 0 Å². The van der Waals surface area contributed by atoms with E-state index in [0.29, 0.717) is 16.4 Å². The summed E-state index contributed by atoms with van der Waals surface area (Å²) in [6.07, 6.45) is 1.61. The van der Waals surface area contributed by atoms with Crippen LogP contribution in [-0.2, 0) is 4.79 Å². The standard InChI is InChI=1S/C13H14ClN3O2/c1-8-12(14)7-17(16-8)9(2)13(19)15-10-4-3-5-11(18)6-10/h3-7,9,18H,1-2H3,(H,15,19)/t9-/m1/s1. The third-order valence-corrected chi connectivity index (χ3v) is 3.12. The molecule has 1 heterocycles. The minimum Gasteiger partial charge on any atom is -0.508 e. The number of aromatic nitrogens is 2. The first-order chi connectivity index (χ1) is 8.97. The molecule has 100 valence electrons. The van der Waals surface area contributed by atoms with Gasteiger partial charge in [-0.2, -0.15) is 5.10 Å². The number of carbonyl (C=O) groups excluding carboxylic acids is 1. The molecule has 5 nitrogen and oxygen atoms in total. The van der Waals surface area contributed by atoms with Crippen LogP contribution < -0.4 is 5.32 Å². The van der Waals surface area contributed by atoms with Gasteiger partial charge in [0.15, 0.2) is 0 Å². The summed E-state index contributed by atoms with van der Waals surface area (Å²) in [7, 11) is 0. The van der Waals surface area contributed by atoms with Crippen LogP contribution in [0.25, 0.3) is 0 Å². The lowest BCUT2D eigenvalue weighted by molar-refractivity contribution is -0.119. The van der Waals surface area contributed by atoms with Gasteiger partial charge in [0.05, 0.1) is 10.7 Å². The second-order valence-corrected chi connectivity index (χ2v) is 4.67. The van der Waals surface area contributed by atoms with Crippen molar-refractivity contribution in [1.82, 2.24) is 9.78 Å². The van der Waals surface area contributed by atoms with Crippen molar-refractivity contribution < 1.29 is 9.90 Å². The van der Waals surface area contributed by atoms with Crippen LogP contribution in [0.5, 0.6) is 5.75 Å². The number of aryl methyl sites for hydroxylation is 1. The van der Waals surface area contributed by atoms with Crippen LogP contribution in [0, 0.1) is 6.92 Å². The van der Waals surface area contributed by atoms with Gasteiger partial charge in [-0.1, -0.05) is 17.7 Å². The minimum atomic E-state index is -0.492. The number of carbonyl (C=O) groups is 1. The van der Waals surface area contributed by atoms with Crippen molar-refractivity contribution in [1.29, 1.82) is 0 Å². The van der Waals surface area contributed by atoms with Gasteiger partial charge >= 0.3 is 0 Å². The topological polar surface area (TPSA) is 67.2 Å². The fraction of sp³-hybridized carbons (Fsp3) is 0.231. The van der Waals surface area contributed by atoms with Gasteiger partial charge in [-0.05, 0) is 26.0 Å².